The number of carbonyl (C=O) groups excluding carboxylic acids is 1. The Morgan fingerprint density at radius 1 is 1.33 bits per heavy atom. The summed E-state index contributed by atoms with van der Waals surface area (Å²) in [6.45, 7) is 4.03. The molecular weight excluding hydrogens is 228 g/mol. The average molecular weight is 250 g/mol. The first-order chi connectivity index (χ1) is 8.65. The fraction of sp³-hybridized carbons (Fsp3) is 0.500. The minimum atomic E-state index is 0.139. The molecule has 0 spiro atoms. The Morgan fingerprint density at radius 3 is 2.72 bits per heavy atom. The van der Waals surface area contributed by atoms with Crippen molar-refractivity contribution in [2.24, 2.45) is 0 Å². The van der Waals surface area contributed by atoms with Crippen LogP contribution in [0, 0.1) is 0 Å². The molecule has 1 aromatic carbocycles. The lowest BCUT2D eigenvalue weighted by Gasteiger charge is -2.12. The highest BCUT2D eigenvalue weighted by molar-refractivity contribution is 5.75. The largest absolute Gasteiger partial charge is 0.494 e. The minimum Gasteiger partial charge on any atom is -0.494 e. The summed E-state index contributed by atoms with van der Waals surface area (Å²) >= 11 is 0. The van der Waals surface area contributed by atoms with Gasteiger partial charge in [0.2, 0.25) is 5.91 Å². The maximum absolute atomic E-state index is 11.4. The molecule has 1 N–H and O–H groups in total. The molecule has 0 saturated carbocycles. The van der Waals surface area contributed by atoms with Crippen molar-refractivity contribution < 1.29 is 9.53 Å². The van der Waals surface area contributed by atoms with Gasteiger partial charge in [-0.1, -0.05) is 18.2 Å². The number of rotatable bonds is 7. The molecule has 0 aliphatic rings. The fourth-order valence-electron chi connectivity index (χ4n) is 1.59. The zero-order chi connectivity index (χ0) is 13.4. The highest BCUT2D eigenvalue weighted by Crippen LogP contribution is 2.17. The van der Waals surface area contributed by atoms with Gasteiger partial charge in [0, 0.05) is 39.2 Å². The number of benzene rings is 1. The smallest absolute Gasteiger partial charge is 0.223 e. The predicted molar refractivity (Wildman–Crippen MR) is 72.6 cm³/mol. The van der Waals surface area contributed by atoms with Gasteiger partial charge >= 0.3 is 0 Å². The average Bonchev–Trinajstić information content (AvgIpc) is 2.36. The van der Waals surface area contributed by atoms with Gasteiger partial charge in [0.15, 0.2) is 0 Å². The van der Waals surface area contributed by atoms with Crippen molar-refractivity contribution in [2.75, 3.05) is 27.2 Å². The topological polar surface area (TPSA) is 41.6 Å². The van der Waals surface area contributed by atoms with Crippen LogP contribution in [-0.4, -0.2) is 38.1 Å². The predicted octanol–water partition coefficient (Wildman–Crippen LogP) is 1.65. The Morgan fingerprint density at radius 2 is 2.06 bits per heavy atom. The second-order valence-corrected chi connectivity index (χ2v) is 4.26. The molecule has 4 heteroatoms. The molecule has 0 aliphatic carbocycles. The van der Waals surface area contributed by atoms with Crippen LogP contribution in [0.15, 0.2) is 24.3 Å². The summed E-state index contributed by atoms with van der Waals surface area (Å²) in [5.74, 6) is 1.05. The van der Waals surface area contributed by atoms with E-state index in [4.69, 9.17) is 4.74 Å². The highest BCUT2D eigenvalue weighted by atomic mass is 16.5. The maximum atomic E-state index is 11.4. The van der Waals surface area contributed by atoms with Crippen LogP contribution in [0.25, 0.3) is 0 Å². The zero-order valence-corrected chi connectivity index (χ0v) is 11.4. The molecule has 0 unspecified atom stereocenters. The van der Waals surface area contributed by atoms with E-state index in [1.165, 1.54) is 0 Å². The second kappa shape index (κ2) is 7.71. The lowest BCUT2D eigenvalue weighted by atomic mass is 10.2. The number of hydrogen-bond acceptors (Lipinski definition) is 3. The van der Waals surface area contributed by atoms with Gasteiger partial charge in [0.1, 0.15) is 5.75 Å². The van der Waals surface area contributed by atoms with E-state index in [1.807, 2.05) is 31.2 Å². The number of ether oxygens (including phenoxy) is 1. The first-order valence-corrected chi connectivity index (χ1v) is 6.26. The van der Waals surface area contributed by atoms with E-state index in [9.17, 15) is 4.79 Å². The van der Waals surface area contributed by atoms with Crippen LogP contribution in [0.2, 0.25) is 0 Å². The van der Waals surface area contributed by atoms with Gasteiger partial charge < -0.3 is 15.0 Å². The summed E-state index contributed by atoms with van der Waals surface area (Å²) < 4.78 is 5.54. The van der Waals surface area contributed by atoms with E-state index in [0.717, 1.165) is 17.9 Å². The SMILES string of the molecule is CCOc1ccccc1CNCCC(=O)N(C)C. The molecule has 0 saturated heterocycles. The minimum absolute atomic E-state index is 0.139. The Hall–Kier alpha value is -1.55. The second-order valence-electron chi connectivity index (χ2n) is 4.26. The number of hydrogen-bond donors (Lipinski definition) is 1. The van der Waals surface area contributed by atoms with Crippen LogP contribution in [0.3, 0.4) is 0 Å². The molecule has 4 nitrogen and oxygen atoms in total. The van der Waals surface area contributed by atoms with Crippen molar-refractivity contribution in [1.29, 1.82) is 0 Å². The summed E-state index contributed by atoms with van der Waals surface area (Å²) in [7, 11) is 3.54. The maximum Gasteiger partial charge on any atom is 0.223 e. The van der Waals surface area contributed by atoms with Gasteiger partial charge in [-0.25, -0.2) is 0 Å². The first-order valence-electron chi connectivity index (χ1n) is 6.26. The molecular formula is C14H22N2O2. The van der Waals surface area contributed by atoms with Crippen LogP contribution in [-0.2, 0) is 11.3 Å². The third-order valence-corrected chi connectivity index (χ3v) is 2.60. The van der Waals surface area contributed by atoms with Crippen LogP contribution < -0.4 is 10.1 Å². The standard InChI is InChI=1S/C14H22N2O2/c1-4-18-13-8-6-5-7-12(13)11-15-10-9-14(17)16(2)3/h5-8,15H,4,9-11H2,1-3H3. The zero-order valence-electron chi connectivity index (χ0n) is 11.4. The molecule has 18 heavy (non-hydrogen) atoms. The molecule has 0 bridgehead atoms. The molecule has 100 valence electrons. The number of nitrogens with zero attached hydrogens (tertiary/aromatic N) is 1. The fourth-order valence-corrected chi connectivity index (χ4v) is 1.59. The molecule has 0 atom stereocenters. The monoisotopic (exact) mass is 250 g/mol. The van der Waals surface area contributed by atoms with E-state index >= 15 is 0 Å². The Bertz CT molecular complexity index is 378. The lowest BCUT2D eigenvalue weighted by Crippen LogP contribution is -2.26. The number of amides is 1. The molecule has 0 aromatic heterocycles. The van der Waals surface area contributed by atoms with Gasteiger partial charge in [-0.15, -0.1) is 0 Å². The van der Waals surface area contributed by atoms with Crippen molar-refractivity contribution in [1.82, 2.24) is 10.2 Å². The van der Waals surface area contributed by atoms with Gasteiger partial charge in [0.25, 0.3) is 0 Å². The third-order valence-electron chi connectivity index (χ3n) is 2.60. The van der Waals surface area contributed by atoms with E-state index in [2.05, 4.69) is 5.32 Å². The van der Waals surface area contributed by atoms with Crippen molar-refractivity contribution in [3.8, 4) is 5.75 Å². The molecule has 0 aliphatic heterocycles. The molecule has 1 rings (SSSR count). The van der Waals surface area contributed by atoms with E-state index in [1.54, 1.807) is 19.0 Å². The summed E-state index contributed by atoms with van der Waals surface area (Å²) in [5.41, 5.74) is 1.12. The van der Waals surface area contributed by atoms with Gasteiger partial charge in [-0.05, 0) is 13.0 Å². The summed E-state index contributed by atoms with van der Waals surface area (Å²) in [6, 6.07) is 7.95. The van der Waals surface area contributed by atoms with Crippen LogP contribution >= 0.6 is 0 Å². The summed E-state index contributed by atoms with van der Waals surface area (Å²) in [5, 5.41) is 3.26. The first kappa shape index (κ1) is 14.5. The van der Waals surface area contributed by atoms with Crippen LogP contribution in [0.5, 0.6) is 5.75 Å². The van der Waals surface area contributed by atoms with Crippen LogP contribution in [0.1, 0.15) is 18.9 Å². The van der Waals surface area contributed by atoms with Crippen molar-refractivity contribution in [3.05, 3.63) is 29.8 Å². The van der Waals surface area contributed by atoms with E-state index < -0.39 is 0 Å². The lowest BCUT2D eigenvalue weighted by molar-refractivity contribution is -0.128. The van der Waals surface area contributed by atoms with Crippen molar-refractivity contribution in [3.63, 3.8) is 0 Å². The third kappa shape index (κ3) is 4.75. The van der Waals surface area contributed by atoms with E-state index in [-0.39, 0.29) is 5.91 Å². The van der Waals surface area contributed by atoms with E-state index in [0.29, 0.717) is 19.6 Å². The quantitative estimate of drug-likeness (QED) is 0.748. The van der Waals surface area contributed by atoms with Crippen molar-refractivity contribution >= 4 is 5.91 Å². The summed E-state index contributed by atoms with van der Waals surface area (Å²) in [4.78, 5) is 13.0. The Kier molecular flexibility index (Phi) is 6.22. The molecule has 0 heterocycles. The normalized spacial score (nSPS) is 10.2. The molecule has 0 fully saturated rings. The molecule has 1 aromatic rings. The van der Waals surface area contributed by atoms with Gasteiger partial charge in [-0.2, -0.15) is 0 Å². The van der Waals surface area contributed by atoms with Crippen molar-refractivity contribution in [2.45, 2.75) is 19.9 Å². The van der Waals surface area contributed by atoms with Gasteiger partial charge in [-0.3, -0.25) is 4.79 Å². The molecule has 1 amide bonds. The Labute approximate surface area is 109 Å². The number of nitrogens with one attached hydrogen (secondary N) is 1. The Balaban J connectivity index is 2.37. The van der Waals surface area contributed by atoms with Gasteiger partial charge in [0.05, 0.1) is 6.61 Å². The highest BCUT2D eigenvalue weighted by Gasteiger charge is 2.04. The number of carbonyl (C=O) groups is 1. The van der Waals surface area contributed by atoms with Crippen LogP contribution in [0.4, 0.5) is 0 Å². The molecule has 0 radical (unpaired) electrons. The summed E-state index contributed by atoms with van der Waals surface area (Å²) in [6.07, 6.45) is 0.518. The number of para-hydroxylation sites is 1.